The highest BCUT2D eigenvalue weighted by molar-refractivity contribution is 6.67. The van der Waals surface area contributed by atoms with Gasteiger partial charge in [-0.25, -0.2) is 9.97 Å². The number of nitrogens with zero attached hydrogens (tertiary/aromatic N) is 2. The molecule has 0 atom stereocenters. The number of hydrogen-bond donors (Lipinski definition) is 0. The average molecular weight is 547 g/mol. The fourth-order valence-corrected chi connectivity index (χ4v) is 3.73. The first-order valence-corrected chi connectivity index (χ1v) is 10.1. The summed E-state index contributed by atoms with van der Waals surface area (Å²) in [4.78, 5) is 7.94. The van der Waals surface area contributed by atoms with Crippen LogP contribution in [0.2, 0.25) is 20.1 Å². The van der Waals surface area contributed by atoms with Crippen molar-refractivity contribution in [1.82, 2.24) is 9.97 Å². The van der Waals surface area contributed by atoms with E-state index in [2.05, 4.69) is 9.97 Å². The van der Waals surface area contributed by atoms with Crippen LogP contribution in [0.25, 0.3) is 0 Å². The molecule has 2 aromatic rings. The van der Waals surface area contributed by atoms with E-state index in [0.717, 1.165) is 0 Å². The molecule has 0 fully saturated rings. The summed E-state index contributed by atoms with van der Waals surface area (Å²) in [6.45, 7) is 1.75. The highest BCUT2D eigenvalue weighted by atomic mass is 35.6. The molecule has 0 aliphatic heterocycles. The maximum Gasteiger partial charge on any atom is 0.236 e. The normalized spacial score (nSPS) is 10.8. The first-order valence-electron chi connectivity index (χ1n) is 7.42. The molecule has 2 aromatic heterocycles. The first kappa shape index (κ1) is 26.6. The van der Waals surface area contributed by atoms with E-state index in [1.165, 1.54) is 28.4 Å². The number of alkyl halides is 3. The van der Waals surface area contributed by atoms with Gasteiger partial charge in [0.15, 0.2) is 11.5 Å². The van der Waals surface area contributed by atoms with E-state index >= 15 is 0 Å². The van der Waals surface area contributed by atoms with E-state index in [1.54, 1.807) is 6.92 Å². The molecule has 2 heterocycles. The Labute approximate surface area is 203 Å². The third-order valence-corrected chi connectivity index (χ3v) is 5.24. The van der Waals surface area contributed by atoms with Gasteiger partial charge in [-0.1, -0.05) is 81.2 Å². The Hall–Kier alpha value is -0.470. The molecule has 0 aliphatic carbocycles. The number of hydrogen-bond acceptors (Lipinski definition) is 6. The zero-order valence-electron chi connectivity index (χ0n) is 15.7. The van der Waals surface area contributed by atoms with E-state index in [0.29, 0.717) is 27.4 Å². The van der Waals surface area contributed by atoms with Crippen molar-refractivity contribution in [2.75, 3.05) is 28.4 Å². The standard InChI is InChI=1S/C8H6Cl5NO2.C8H9Cl2NO2/c1-15-5-3(9)6(8(11,12)13)14-7(16-2)4(5)10;1-4-5(9)7(12-2)6(10)8(11-4)13-3/h1-2H3;1-3H3. The molecule has 0 saturated carbocycles. The van der Waals surface area contributed by atoms with E-state index in [4.69, 9.17) is 100 Å². The van der Waals surface area contributed by atoms with Gasteiger partial charge in [-0.05, 0) is 6.92 Å². The third-order valence-electron chi connectivity index (χ3n) is 3.24. The highest BCUT2D eigenvalue weighted by Crippen LogP contribution is 2.48. The Morgan fingerprint density at radius 2 is 1.03 bits per heavy atom. The van der Waals surface area contributed by atoms with Gasteiger partial charge in [-0.15, -0.1) is 0 Å². The lowest BCUT2D eigenvalue weighted by atomic mass is 10.3. The van der Waals surface area contributed by atoms with Crippen molar-refractivity contribution < 1.29 is 18.9 Å². The van der Waals surface area contributed by atoms with Crippen molar-refractivity contribution >= 4 is 81.2 Å². The Kier molecular flexibility index (Phi) is 10.3. The van der Waals surface area contributed by atoms with Crippen LogP contribution in [0.15, 0.2) is 0 Å². The second-order valence-electron chi connectivity index (χ2n) is 5.00. The van der Waals surface area contributed by atoms with Crippen LogP contribution in [-0.4, -0.2) is 38.4 Å². The Balaban J connectivity index is 0.000000296. The van der Waals surface area contributed by atoms with Crippen molar-refractivity contribution in [2.45, 2.75) is 10.7 Å². The molecule has 0 saturated heterocycles. The number of pyridine rings is 2. The van der Waals surface area contributed by atoms with Crippen LogP contribution in [0.1, 0.15) is 11.4 Å². The van der Waals surface area contributed by atoms with Gasteiger partial charge in [0.05, 0.1) is 34.1 Å². The van der Waals surface area contributed by atoms with E-state index < -0.39 is 3.79 Å². The fourth-order valence-electron chi connectivity index (χ4n) is 1.93. The number of methoxy groups -OCH3 is 4. The summed E-state index contributed by atoms with van der Waals surface area (Å²) in [6, 6.07) is 0. The molecule has 0 aliphatic rings. The summed E-state index contributed by atoms with van der Waals surface area (Å²) in [5, 5.41) is 0.857. The van der Waals surface area contributed by atoms with Gasteiger partial charge in [0.25, 0.3) is 0 Å². The molecule has 0 amide bonds. The largest absolute Gasteiger partial charge is 0.493 e. The lowest BCUT2D eigenvalue weighted by Gasteiger charge is -2.17. The highest BCUT2D eigenvalue weighted by Gasteiger charge is 2.32. The summed E-state index contributed by atoms with van der Waals surface area (Å²) >= 11 is 40.8. The van der Waals surface area contributed by atoms with Gasteiger partial charge >= 0.3 is 0 Å². The van der Waals surface area contributed by atoms with Crippen molar-refractivity contribution in [3.8, 4) is 23.3 Å². The van der Waals surface area contributed by atoms with Gasteiger partial charge in [0, 0.05) is 0 Å². The SMILES string of the molecule is COc1nc(C(Cl)(Cl)Cl)c(Cl)c(OC)c1Cl.COc1nc(C)c(Cl)c(OC)c1Cl. The molecule has 0 radical (unpaired) electrons. The van der Waals surface area contributed by atoms with Gasteiger partial charge < -0.3 is 18.9 Å². The molecular formula is C16H15Cl7N2O4. The quantitative estimate of drug-likeness (QED) is 0.386. The Morgan fingerprint density at radius 1 is 0.621 bits per heavy atom. The molecule has 2 rings (SSSR count). The Morgan fingerprint density at radius 3 is 1.41 bits per heavy atom. The molecule has 6 nitrogen and oxygen atoms in total. The second kappa shape index (κ2) is 11.2. The lowest BCUT2D eigenvalue weighted by molar-refractivity contribution is 0.381. The molecule has 0 unspecified atom stereocenters. The smallest absolute Gasteiger partial charge is 0.236 e. The number of rotatable bonds is 4. The monoisotopic (exact) mass is 544 g/mol. The van der Waals surface area contributed by atoms with Crippen molar-refractivity contribution in [1.29, 1.82) is 0 Å². The molecule has 0 spiro atoms. The zero-order valence-corrected chi connectivity index (χ0v) is 21.0. The minimum Gasteiger partial charge on any atom is -0.493 e. The van der Waals surface area contributed by atoms with Crippen molar-refractivity contribution in [2.24, 2.45) is 0 Å². The number of aryl methyl sites for hydroxylation is 1. The average Bonchev–Trinajstić information content (AvgIpc) is 2.65. The van der Waals surface area contributed by atoms with Crippen molar-refractivity contribution in [3.63, 3.8) is 0 Å². The summed E-state index contributed by atoms with van der Waals surface area (Å²) in [5.41, 5.74) is 0.622. The van der Waals surface area contributed by atoms with Crippen molar-refractivity contribution in [3.05, 3.63) is 31.5 Å². The molecule has 29 heavy (non-hydrogen) atoms. The van der Waals surface area contributed by atoms with Crippen LogP contribution in [0.4, 0.5) is 0 Å². The number of halogens is 7. The summed E-state index contributed by atoms with van der Waals surface area (Å²) in [5.74, 6) is 0.939. The predicted octanol–water partition coefficient (Wildman–Crippen LogP) is 6.95. The molecule has 162 valence electrons. The van der Waals surface area contributed by atoms with Crippen LogP contribution in [0.5, 0.6) is 23.3 Å². The van der Waals surface area contributed by atoms with Gasteiger partial charge in [-0.3, -0.25) is 0 Å². The topological polar surface area (TPSA) is 62.7 Å². The maximum atomic E-state index is 5.95. The second-order valence-corrected chi connectivity index (χ2v) is 8.79. The third kappa shape index (κ3) is 6.26. The number of aromatic nitrogens is 2. The minimum atomic E-state index is -1.79. The molecule has 0 bridgehead atoms. The molecule has 0 aromatic carbocycles. The van der Waals surface area contributed by atoms with Crippen LogP contribution in [0, 0.1) is 6.92 Å². The fraction of sp³-hybridized carbons (Fsp3) is 0.375. The predicted molar refractivity (Wildman–Crippen MR) is 119 cm³/mol. The maximum absolute atomic E-state index is 5.95. The van der Waals surface area contributed by atoms with Gasteiger partial charge in [-0.2, -0.15) is 0 Å². The summed E-state index contributed by atoms with van der Waals surface area (Å²) in [7, 11) is 5.74. The van der Waals surface area contributed by atoms with Crippen LogP contribution in [-0.2, 0) is 3.79 Å². The van der Waals surface area contributed by atoms with E-state index in [1.807, 2.05) is 0 Å². The van der Waals surface area contributed by atoms with Gasteiger partial charge in [0.2, 0.25) is 15.6 Å². The van der Waals surface area contributed by atoms with E-state index in [-0.39, 0.29) is 27.4 Å². The first-order chi connectivity index (χ1) is 13.4. The van der Waals surface area contributed by atoms with E-state index in [9.17, 15) is 0 Å². The van der Waals surface area contributed by atoms with Gasteiger partial charge in [0.1, 0.15) is 25.8 Å². The zero-order chi connectivity index (χ0) is 22.5. The van der Waals surface area contributed by atoms with Crippen LogP contribution >= 0.6 is 81.2 Å². The molecular weight excluding hydrogens is 532 g/mol. The lowest BCUT2D eigenvalue weighted by Crippen LogP contribution is -2.08. The Bertz CT molecular complexity index is 876. The summed E-state index contributed by atoms with van der Waals surface area (Å²) < 4.78 is 18.1. The minimum absolute atomic E-state index is 0.00253. The number of ether oxygens (including phenoxy) is 4. The summed E-state index contributed by atoms with van der Waals surface area (Å²) in [6.07, 6.45) is 0. The van der Waals surface area contributed by atoms with Crippen LogP contribution < -0.4 is 18.9 Å². The molecule has 13 heteroatoms. The molecule has 0 N–H and O–H groups in total. The van der Waals surface area contributed by atoms with Crippen LogP contribution in [0.3, 0.4) is 0 Å².